The van der Waals surface area contributed by atoms with Crippen LogP contribution in [0.25, 0.3) is 0 Å². The quantitative estimate of drug-likeness (QED) is 0.251. The molecule has 0 saturated heterocycles. The van der Waals surface area contributed by atoms with Gasteiger partial charge in [-0.3, -0.25) is 0 Å². The average Bonchev–Trinajstić information content (AvgIpc) is 3.55. The van der Waals surface area contributed by atoms with Gasteiger partial charge in [-0.25, -0.2) is 0 Å². The summed E-state index contributed by atoms with van der Waals surface area (Å²) < 4.78 is 0. The summed E-state index contributed by atoms with van der Waals surface area (Å²) in [6.07, 6.45) is 5.77. The van der Waals surface area contributed by atoms with Gasteiger partial charge in [-0.15, -0.1) is 0 Å². The van der Waals surface area contributed by atoms with Gasteiger partial charge in [0.25, 0.3) is 0 Å². The fourth-order valence-corrected chi connectivity index (χ4v) is 14.2. The molecule has 0 amide bonds. The van der Waals surface area contributed by atoms with E-state index in [0.29, 0.717) is 5.40 Å². The van der Waals surface area contributed by atoms with Crippen molar-refractivity contribution in [1.29, 1.82) is 0 Å². The summed E-state index contributed by atoms with van der Waals surface area (Å²) in [6.45, 7) is 0. The van der Waals surface area contributed by atoms with Crippen molar-refractivity contribution >= 4 is 37.1 Å². The number of hydrogen-bond acceptors (Lipinski definition) is 0. The van der Waals surface area contributed by atoms with E-state index >= 15 is 0 Å². The molecule has 0 N–H and O–H groups in total. The predicted octanol–water partition coefficient (Wildman–Crippen LogP) is 7.01. The first kappa shape index (κ1) is 22.2. The van der Waals surface area contributed by atoms with E-state index in [2.05, 4.69) is 121 Å². The van der Waals surface area contributed by atoms with Crippen LogP contribution in [0.5, 0.6) is 0 Å². The van der Waals surface area contributed by atoms with Crippen LogP contribution in [-0.4, -0.2) is 5.40 Å². The van der Waals surface area contributed by atoms with Crippen molar-refractivity contribution < 1.29 is 0 Å². The number of hydrogen-bond donors (Lipinski definition) is 0. The van der Waals surface area contributed by atoms with Crippen LogP contribution in [0, 0.1) is 17.8 Å². The lowest BCUT2D eigenvalue weighted by Crippen LogP contribution is -2.35. The molecule has 0 radical (unpaired) electrons. The van der Waals surface area contributed by atoms with Gasteiger partial charge < -0.3 is 0 Å². The van der Waals surface area contributed by atoms with Crippen LogP contribution in [0.15, 0.2) is 121 Å². The molecular formula is C32H32P2. The van der Waals surface area contributed by atoms with Gasteiger partial charge >= 0.3 is 0 Å². The van der Waals surface area contributed by atoms with Gasteiger partial charge in [-0.05, 0) is 74.1 Å². The maximum atomic E-state index is 2.41. The van der Waals surface area contributed by atoms with E-state index in [1.54, 1.807) is 0 Å². The van der Waals surface area contributed by atoms with Crippen molar-refractivity contribution in [2.75, 3.05) is 0 Å². The van der Waals surface area contributed by atoms with Crippen molar-refractivity contribution in [1.82, 2.24) is 0 Å². The molecule has 0 heterocycles. The largest absolute Gasteiger partial charge is 0.0622 e. The lowest BCUT2D eigenvalue weighted by atomic mass is 9.90. The highest BCUT2D eigenvalue weighted by Crippen LogP contribution is 2.65. The Kier molecular flexibility index (Phi) is 6.64. The first-order chi connectivity index (χ1) is 16.9. The van der Waals surface area contributed by atoms with Gasteiger partial charge in [0.2, 0.25) is 0 Å². The molecule has 34 heavy (non-hydrogen) atoms. The van der Waals surface area contributed by atoms with Crippen molar-refractivity contribution in [3.05, 3.63) is 121 Å². The summed E-state index contributed by atoms with van der Waals surface area (Å²) in [5.41, 5.74) is 0. The molecule has 0 spiro atoms. The van der Waals surface area contributed by atoms with Gasteiger partial charge in [0.05, 0.1) is 0 Å². The van der Waals surface area contributed by atoms with Crippen LogP contribution < -0.4 is 21.2 Å². The Hall–Kier alpha value is -2.26. The Bertz CT molecular complexity index is 1010. The van der Waals surface area contributed by atoms with Gasteiger partial charge in [0, 0.05) is 5.40 Å². The molecule has 4 aromatic rings. The van der Waals surface area contributed by atoms with Crippen LogP contribution in [-0.2, 0) is 0 Å². The lowest BCUT2D eigenvalue weighted by molar-refractivity contribution is 0.353. The summed E-state index contributed by atoms with van der Waals surface area (Å²) in [5.74, 6) is 2.64. The maximum absolute atomic E-state index is 2.41. The topological polar surface area (TPSA) is 0 Å². The standard InChI is InChI=1S/C32H32P2/c1-5-13-27(14-6-1)33(28-15-7-2-8-16-28)32(31-24-25-21-22-26(31)23-25)34(29-17-9-3-10-18-29)30-19-11-4-12-20-30/h1-20,25-26,31-32H,21-24H2. The molecule has 0 aliphatic heterocycles. The normalized spacial score (nSPS) is 21.6. The molecule has 0 aromatic heterocycles. The zero-order chi connectivity index (χ0) is 22.7. The maximum Gasteiger partial charge on any atom is 0.0185 e. The Balaban J connectivity index is 1.57. The van der Waals surface area contributed by atoms with Crippen LogP contribution >= 0.6 is 15.8 Å². The second-order valence-corrected chi connectivity index (χ2v) is 14.9. The van der Waals surface area contributed by atoms with E-state index in [1.165, 1.54) is 46.9 Å². The second-order valence-electron chi connectivity index (χ2n) is 9.83. The minimum absolute atomic E-state index is 0.495. The molecule has 2 heteroatoms. The average molecular weight is 479 g/mol. The van der Waals surface area contributed by atoms with E-state index < -0.39 is 15.8 Å². The van der Waals surface area contributed by atoms with Crippen LogP contribution in [0.4, 0.5) is 0 Å². The molecule has 2 fully saturated rings. The smallest absolute Gasteiger partial charge is 0.0185 e. The third-order valence-electron chi connectivity index (χ3n) is 7.84. The monoisotopic (exact) mass is 478 g/mol. The highest BCUT2D eigenvalue weighted by atomic mass is 31.2. The highest BCUT2D eigenvalue weighted by Gasteiger charge is 2.48. The van der Waals surface area contributed by atoms with Gasteiger partial charge in [0.15, 0.2) is 0 Å². The minimum Gasteiger partial charge on any atom is -0.0622 e. The van der Waals surface area contributed by atoms with Crippen molar-refractivity contribution in [3.8, 4) is 0 Å². The number of fused-ring (bicyclic) bond motifs is 2. The second kappa shape index (κ2) is 10.2. The Morgan fingerprint density at radius 3 is 1.15 bits per heavy atom. The molecule has 2 aliphatic rings. The zero-order valence-electron chi connectivity index (χ0n) is 19.6. The first-order valence-corrected chi connectivity index (χ1v) is 15.5. The van der Waals surface area contributed by atoms with Crippen molar-refractivity contribution in [2.45, 2.75) is 31.1 Å². The number of rotatable bonds is 7. The molecule has 0 nitrogen and oxygen atoms in total. The summed E-state index contributed by atoms with van der Waals surface area (Å²) in [5, 5.41) is 6.80. The Morgan fingerprint density at radius 2 is 0.853 bits per heavy atom. The minimum atomic E-state index is -0.495. The Morgan fingerprint density at radius 1 is 0.471 bits per heavy atom. The Labute approximate surface area is 207 Å². The molecular weight excluding hydrogens is 446 g/mol. The van der Waals surface area contributed by atoms with Crippen molar-refractivity contribution in [3.63, 3.8) is 0 Å². The molecule has 6 rings (SSSR count). The highest BCUT2D eigenvalue weighted by molar-refractivity contribution is 7.89. The molecule has 2 aliphatic carbocycles. The van der Waals surface area contributed by atoms with E-state index in [-0.39, 0.29) is 0 Å². The van der Waals surface area contributed by atoms with Gasteiger partial charge in [-0.2, -0.15) is 0 Å². The fraction of sp³-hybridized carbons (Fsp3) is 0.250. The summed E-state index contributed by atoms with van der Waals surface area (Å²) in [4.78, 5) is 0. The first-order valence-electron chi connectivity index (χ1n) is 12.7. The third kappa shape index (κ3) is 4.40. The van der Waals surface area contributed by atoms with Gasteiger partial charge in [0.1, 0.15) is 0 Å². The number of benzene rings is 4. The van der Waals surface area contributed by atoms with E-state index in [9.17, 15) is 0 Å². The summed E-state index contributed by atoms with van der Waals surface area (Å²) in [6, 6.07) is 45.9. The predicted molar refractivity (Wildman–Crippen MR) is 151 cm³/mol. The third-order valence-corrected chi connectivity index (χ3v) is 14.5. The molecule has 170 valence electrons. The van der Waals surface area contributed by atoms with E-state index in [1.807, 2.05) is 0 Å². The van der Waals surface area contributed by atoms with E-state index in [0.717, 1.165) is 17.8 Å². The lowest BCUT2D eigenvalue weighted by Gasteiger charge is -2.42. The molecule has 4 aromatic carbocycles. The van der Waals surface area contributed by atoms with E-state index in [4.69, 9.17) is 0 Å². The van der Waals surface area contributed by atoms with Gasteiger partial charge in [-0.1, -0.05) is 128 Å². The SMILES string of the molecule is c1ccc(P(c2ccccc2)C(C2CC3CCC2C3)P(c2ccccc2)c2ccccc2)cc1. The molecule has 3 unspecified atom stereocenters. The van der Waals surface area contributed by atoms with Crippen LogP contribution in [0.1, 0.15) is 25.7 Å². The van der Waals surface area contributed by atoms with Crippen molar-refractivity contribution in [2.24, 2.45) is 17.8 Å². The molecule has 3 atom stereocenters. The summed E-state index contributed by atoms with van der Waals surface area (Å²) in [7, 11) is -0.990. The fourth-order valence-electron chi connectivity index (χ4n) is 6.42. The summed E-state index contributed by atoms with van der Waals surface area (Å²) >= 11 is 0. The van der Waals surface area contributed by atoms with Crippen LogP contribution in [0.3, 0.4) is 0 Å². The molecule has 2 saturated carbocycles. The molecule has 2 bridgehead atoms. The van der Waals surface area contributed by atoms with Crippen LogP contribution in [0.2, 0.25) is 0 Å². The zero-order valence-corrected chi connectivity index (χ0v) is 21.4.